The molecule has 21 heavy (non-hydrogen) atoms. The number of nitrogens with zero attached hydrogens (tertiary/aromatic N) is 1. The number of rotatable bonds is 2. The van der Waals surface area contributed by atoms with Gasteiger partial charge in [0.05, 0.1) is 12.0 Å². The van der Waals surface area contributed by atoms with Crippen LogP contribution in [-0.2, 0) is 4.79 Å². The minimum atomic E-state index is -0.369. The molecule has 0 radical (unpaired) electrons. The van der Waals surface area contributed by atoms with Crippen molar-refractivity contribution in [2.24, 2.45) is 0 Å². The van der Waals surface area contributed by atoms with Crippen LogP contribution in [0.3, 0.4) is 0 Å². The van der Waals surface area contributed by atoms with Crippen molar-refractivity contribution in [3.63, 3.8) is 0 Å². The Bertz CT molecular complexity index is 725. The second-order valence-corrected chi connectivity index (χ2v) is 4.95. The van der Waals surface area contributed by atoms with Gasteiger partial charge in [0, 0.05) is 23.9 Å². The van der Waals surface area contributed by atoms with Crippen molar-refractivity contribution in [1.82, 2.24) is 4.98 Å². The Balaban J connectivity index is 2.20. The molecule has 0 amide bonds. The highest BCUT2D eigenvalue weighted by molar-refractivity contribution is 5.98. The number of ether oxygens (including phenoxy) is 1. The number of phenols is 1. The van der Waals surface area contributed by atoms with E-state index in [1.54, 1.807) is 24.5 Å². The van der Waals surface area contributed by atoms with Gasteiger partial charge in [-0.15, -0.1) is 0 Å². The van der Waals surface area contributed by atoms with Gasteiger partial charge in [-0.2, -0.15) is 0 Å². The zero-order valence-corrected chi connectivity index (χ0v) is 11.4. The monoisotopic (exact) mass is 283 g/mol. The van der Waals surface area contributed by atoms with Crippen LogP contribution in [0, 0.1) is 0 Å². The molecule has 1 unspecified atom stereocenters. The molecule has 0 saturated carbocycles. The van der Waals surface area contributed by atoms with Gasteiger partial charge >= 0.3 is 5.97 Å². The second kappa shape index (κ2) is 5.01. The first kappa shape index (κ1) is 13.3. The van der Waals surface area contributed by atoms with Crippen molar-refractivity contribution >= 4 is 11.8 Å². The fourth-order valence-corrected chi connectivity index (χ4v) is 2.60. The van der Waals surface area contributed by atoms with Crippen LogP contribution < -0.4 is 4.74 Å². The first-order chi connectivity index (χ1) is 10.1. The predicted octanol–water partition coefficient (Wildman–Crippen LogP) is 2.43. The van der Waals surface area contributed by atoms with Crippen LogP contribution in [0.4, 0.5) is 0 Å². The van der Waals surface area contributed by atoms with E-state index in [0.717, 1.165) is 5.56 Å². The van der Waals surface area contributed by atoms with Gasteiger partial charge in [0.1, 0.15) is 11.5 Å². The first-order valence-electron chi connectivity index (χ1n) is 6.55. The fraction of sp³-hybridized carbons (Fsp3) is 0.188. The number of hydrogen-bond acceptors (Lipinski definition) is 5. The normalized spacial score (nSPS) is 17.0. The Kier molecular flexibility index (Phi) is 3.17. The van der Waals surface area contributed by atoms with Gasteiger partial charge in [-0.3, -0.25) is 14.6 Å². The van der Waals surface area contributed by atoms with Crippen molar-refractivity contribution in [2.45, 2.75) is 19.3 Å². The second-order valence-electron chi connectivity index (χ2n) is 4.95. The number of carbonyl (C=O) groups is 2. The zero-order chi connectivity index (χ0) is 15.0. The Morgan fingerprint density at radius 3 is 2.86 bits per heavy atom. The molecule has 1 aromatic heterocycles. The van der Waals surface area contributed by atoms with E-state index in [4.69, 9.17) is 4.74 Å². The molecule has 106 valence electrons. The summed E-state index contributed by atoms with van der Waals surface area (Å²) in [5.41, 5.74) is 1.49. The van der Waals surface area contributed by atoms with Gasteiger partial charge in [-0.05, 0) is 30.7 Å². The van der Waals surface area contributed by atoms with Gasteiger partial charge in [0.2, 0.25) is 0 Å². The molecule has 3 rings (SSSR count). The molecule has 0 bridgehead atoms. The number of aromatic hydroxyl groups is 1. The molecule has 0 saturated heterocycles. The number of phenolic OH excluding ortho intramolecular Hbond substituents is 1. The van der Waals surface area contributed by atoms with Crippen LogP contribution in [0.5, 0.6) is 11.5 Å². The third kappa shape index (κ3) is 2.27. The summed E-state index contributed by atoms with van der Waals surface area (Å²) >= 11 is 0. The number of esters is 1. The molecule has 0 spiro atoms. The minimum absolute atomic E-state index is 0.105. The number of aromatic nitrogens is 1. The molecule has 1 aromatic carbocycles. The minimum Gasteiger partial charge on any atom is -0.507 e. The zero-order valence-electron chi connectivity index (χ0n) is 11.4. The molecule has 1 atom stereocenters. The van der Waals surface area contributed by atoms with Crippen molar-refractivity contribution in [1.29, 1.82) is 0 Å². The fourth-order valence-electron chi connectivity index (χ4n) is 2.60. The summed E-state index contributed by atoms with van der Waals surface area (Å²) in [4.78, 5) is 27.4. The maximum absolute atomic E-state index is 11.7. The Labute approximate surface area is 121 Å². The smallest absolute Gasteiger partial charge is 0.312 e. The van der Waals surface area contributed by atoms with E-state index < -0.39 is 0 Å². The summed E-state index contributed by atoms with van der Waals surface area (Å²) in [5.74, 6) is -0.804. The highest BCUT2D eigenvalue weighted by atomic mass is 16.5. The van der Waals surface area contributed by atoms with E-state index in [9.17, 15) is 14.7 Å². The lowest BCUT2D eigenvalue weighted by Crippen LogP contribution is -2.21. The maximum Gasteiger partial charge on any atom is 0.312 e. The Hall–Kier alpha value is -2.69. The quantitative estimate of drug-likeness (QED) is 0.520. The highest BCUT2D eigenvalue weighted by Gasteiger charge is 2.32. The van der Waals surface area contributed by atoms with Crippen molar-refractivity contribution in [2.75, 3.05) is 0 Å². The van der Waals surface area contributed by atoms with Crippen molar-refractivity contribution in [3.05, 3.63) is 53.3 Å². The summed E-state index contributed by atoms with van der Waals surface area (Å²) in [6.07, 6.45) is 3.39. The molecule has 5 heteroatoms. The SMILES string of the molecule is CC(=O)c1ccc2c(c1O)C(c1cccnc1)CC(=O)O2. The Morgan fingerprint density at radius 1 is 1.38 bits per heavy atom. The van der Waals surface area contributed by atoms with Crippen LogP contribution in [0.15, 0.2) is 36.7 Å². The number of hydrogen-bond donors (Lipinski definition) is 1. The molecule has 1 aliphatic rings. The maximum atomic E-state index is 11.7. The van der Waals surface area contributed by atoms with Gasteiger partial charge in [0.15, 0.2) is 5.78 Å². The van der Waals surface area contributed by atoms with Gasteiger partial charge < -0.3 is 9.84 Å². The molecule has 2 aromatic rings. The summed E-state index contributed by atoms with van der Waals surface area (Å²) in [7, 11) is 0. The number of fused-ring (bicyclic) bond motifs is 1. The first-order valence-corrected chi connectivity index (χ1v) is 6.55. The third-order valence-corrected chi connectivity index (χ3v) is 3.59. The number of ketones is 1. The summed E-state index contributed by atoms with van der Waals surface area (Å²) < 4.78 is 5.17. The molecule has 0 fully saturated rings. The molecule has 2 heterocycles. The number of carbonyl (C=O) groups excluding carboxylic acids is 2. The van der Waals surface area contributed by atoms with Crippen LogP contribution in [0.1, 0.15) is 40.7 Å². The highest BCUT2D eigenvalue weighted by Crippen LogP contribution is 2.44. The van der Waals surface area contributed by atoms with Crippen LogP contribution in [0.25, 0.3) is 0 Å². The lowest BCUT2D eigenvalue weighted by Gasteiger charge is -2.26. The number of benzene rings is 1. The third-order valence-electron chi connectivity index (χ3n) is 3.59. The summed E-state index contributed by atoms with van der Waals surface area (Å²) in [5, 5.41) is 10.4. The van der Waals surface area contributed by atoms with Crippen molar-refractivity contribution in [3.8, 4) is 11.5 Å². The summed E-state index contributed by atoms with van der Waals surface area (Å²) in [6, 6.07) is 6.61. The molecule has 1 N–H and O–H groups in total. The van der Waals surface area contributed by atoms with Gasteiger partial charge in [-0.25, -0.2) is 0 Å². The Morgan fingerprint density at radius 2 is 2.19 bits per heavy atom. The molecular formula is C16H13NO4. The van der Waals surface area contributed by atoms with Crippen LogP contribution in [-0.4, -0.2) is 21.8 Å². The standard InChI is InChI=1S/C16H13NO4/c1-9(18)11-4-5-13-15(16(11)20)12(7-14(19)21-13)10-3-2-6-17-8-10/h2-6,8,12,20H,7H2,1H3. The lowest BCUT2D eigenvalue weighted by molar-refractivity contribution is -0.135. The van der Waals surface area contributed by atoms with Crippen molar-refractivity contribution < 1.29 is 19.4 Å². The van der Waals surface area contributed by atoms with E-state index >= 15 is 0 Å². The predicted molar refractivity (Wildman–Crippen MR) is 74.4 cm³/mol. The van der Waals surface area contributed by atoms with E-state index in [1.807, 2.05) is 6.07 Å². The van der Waals surface area contributed by atoms with Crippen LogP contribution >= 0.6 is 0 Å². The van der Waals surface area contributed by atoms with Gasteiger partial charge in [-0.1, -0.05) is 6.07 Å². The number of Topliss-reactive ketones (excluding diaryl/α,β-unsaturated/α-hetero) is 1. The molecule has 5 nitrogen and oxygen atoms in total. The van der Waals surface area contributed by atoms with E-state index in [1.165, 1.54) is 13.0 Å². The largest absolute Gasteiger partial charge is 0.507 e. The molecule has 0 aliphatic carbocycles. The van der Waals surface area contributed by atoms with Crippen LogP contribution in [0.2, 0.25) is 0 Å². The topological polar surface area (TPSA) is 76.5 Å². The lowest BCUT2D eigenvalue weighted by atomic mass is 9.85. The molecular weight excluding hydrogens is 270 g/mol. The average molecular weight is 283 g/mol. The number of pyridine rings is 1. The van der Waals surface area contributed by atoms with Gasteiger partial charge in [0.25, 0.3) is 0 Å². The van der Waals surface area contributed by atoms with E-state index in [-0.39, 0.29) is 35.4 Å². The summed E-state index contributed by atoms with van der Waals surface area (Å²) in [6.45, 7) is 1.38. The van der Waals surface area contributed by atoms with E-state index in [2.05, 4.69) is 4.98 Å². The molecule has 1 aliphatic heterocycles. The van der Waals surface area contributed by atoms with E-state index in [0.29, 0.717) is 11.3 Å². The average Bonchev–Trinajstić information content (AvgIpc) is 2.47.